The Hall–Kier alpha value is -1.80. The Balaban J connectivity index is 2.03. The van der Waals surface area contributed by atoms with E-state index in [4.69, 9.17) is 0 Å². The molecule has 5 atom stereocenters. The van der Waals surface area contributed by atoms with Crippen LogP contribution in [-0.2, 0) is 14.4 Å². The van der Waals surface area contributed by atoms with Crippen LogP contribution < -0.4 is 0 Å². The highest BCUT2D eigenvalue weighted by Gasteiger charge is 2.74. The van der Waals surface area contributed by atoms with Crippen molar-refractivity contribution in [3.8, 4) is 0 Å². The molecule has 3 heterocycles. The van der Waals surface area contributed by atoms with E-state index in [1.165, 1.54) is 0 Å². The van der Waals surface area contributed by atoms with Crippen LogP contribution in [0.15, 0.2) is 25.3 Å². The number of rotatable bonds is 12. The molecule has 0 saturated carbocycles. The van der Waals surface area contributed by atoms with Crippen LogP contribution in [-0.4, -0.2) is 91.9 Å². The minimum Gasteiger partial charge on any atom is -0.396 e. The third-order valence-corrected chi connectivity index (χ3v) is 9.62. The van der Waals surface area contributed by atoms with Gasteiger partial charge in [0.1, 0.15) is 6.04 Å². The molecule has 0 aromatic heterocycles. The molecular weight excluding hydrogens is 462 g/mol. The molecule has 0 radical (unpaired) electrons. The van der Waals surface area contributed by atoms with E-state index in [1.54, 1.807) is 28.8 Å². The van der Waals surface area contributed by atoms with Crippen LogP contribution in [0.25, 0.3) is 0 Å². The molecule has 35 heavy (non-hydrogen) atoms. The van der Waals surface area contributed by atoms with Gasteiger partial charge in [-0.3, -0.25) is 14.4 Å². The normalized spacial score (nSPS) is 29.3. The lowest BCUT2D eigenvalue weighted by Gasteiger charge is -2.42. The van der Waals surface area contributed by atoms with Gasteiger partial charge in [-0.25, -0.2) is 0 Å². The lowest BCUT2D eigenvalue weighted by molar-refractivity contribution is -0.146. The van der Waals surface area contributed by atoms with Crippen LogP contribution in [0.5, 0.6) is 0 Å². The summed E-state index contributed by atoms with van der Waals surface area (Å²) >= 11 is 1.71. The number of thioether (sulfide) groups is 1. The van der Waals surface area contributed by atoms with Gasteiger partial charge >= 0.3 is 0 Å². The van der Waals surface area contributed by atoms with Gasteiger partial charge in [0, 0.05) is 43.6 Å². The summed E-state index contributed by atoms with van der Waals surface area (Å²) in [6.45, 7) is 17.7. The summed E-state index contributed by atoms with van der Waals surface area (Å²) in [5.74, 6) is -1.01. The molecule has 2 unspecified atom stereocenters. The van der Waals surface area contributed by atoms with Gasteiger partial charge in [-0.15, -0.1) is 24.9 Å². The summed E-state index contributed by atoms with van der Waals surface area (Å²) in [5, 5.41) is 9.39. The van der Waals surface area contributed by atoms with Crippen LogP contribution in [0.2, 0.25) is 0 Å². The van der Waals surface area contributed by atoms with Crippen molar-refractivity contribution >= 4 is 29.5 Å². The number of hydrogen-bond acceptors (Lipinski definition) is 5. The van der Waals surface area contributed by atoms with Gasteiger partial charge < -0.3 is 19.8 Å². The first-order valence-corrected chi connectivity index (χ1v) is 13.9. The Morgan fingerprint density at radius 3 is 2.46 bits per heavy atom. The molecule has 0 aromatic carbocycles. The molecule has 3 aliphatic heterocycles. The number of aliphatic hydroxyl groups is 1. The van der Waals surface area contributed by atoms with E-state index in [0.29, 0.717) is 39.0 Å². The quantitative estimate of drug-likeness (QED) is 0.326. The van der Waals surface area contributed by atoms with Crippen LogP contribution in [0.3, 0.4) is 0 Å². The van der Waals surface area contributed by atoms with Crippen LogP contribution in [0.1, 0.15) is 59.8 Å². The third-order valence-electron chi connectivity index (χ3n) is 7.67. The number of amides is 3. The third kappa shape index (κ3) is 4.93. The fourth-order valence-electron chi connectivity index (χ4n) is 6.25. The van der Waals surface area contributed by atoms with Crippen molar-refractivity contribution in [1.82, 2.24) is 14.7 Å². The number of carbonyl (C=O) groups excluding carboxylic acids is 3. The average Bonchev–Trinajstić information content (AvgIpc) is 3.43. The lowest BCUT2D eigenvalue weighted by atomic mass is 9.70. The van der Waals surface area contributed by atoms with Crippen molar-refractivity contribution in [1.29, 1.82) is 0 Å². The molecular formula is C27H43N3O4S. The largest absolute Gasteiger partial charge is 0.396 e. The maximum absolute atomic E-state index is 14.2. The monoisotopic (exact) mass is 505 g/mol. The molecule has 196 valence electrons. The molecule has 3 saturated heterocycles. The standard InChI is InChI=1S/C27H43N3O4S/c1-7-14-28(15-8-2)23(32)20-19-12-13-27(35-19)21(20)24(33)29(17-10-11-18-31)22(27)25(34)30(16-9-3)26(4,5)6/h7,9,19-22,31H,1,3,8,10-18H2,2,4-6H3/t19-,20+,21+,22?,27?/m1/s1. The fraction of sp³-hybridized carbons (Fsp3) is 0.741. The van der Waals surface area contributed by atoms with Gasteiger partial charge in [0.2, 0.25) is 17.7 Å². The van der Waals surface area contributed by atoms with Gasteiger partial charge in [-0.05, 0) is 52.9 Å². The van der Waals surface area contributed by atoms with Crippen LogP contribution >= 0.6 is 11.8 Å². The minimum absolute atomic E-state index is 0.0198. The van der Waals surface area contributed by atoms with Crippen molar-refractivity contribution in [3.05, 3.63) is 25.3 Å². The van der Waals surface area contributed by atoms with E-state index in [0.717, 1.165) is 19.3 Å². The molecule has 3 amide bonds. The Morgan fingerprint density at radius 2 is 1.89 bits per heavy atom. The number of aliphatic hydroxyl groups excluding tert-OH is 1. The predicted octanol–water partition coefficient (Wildman–Crippen LogP) is 3.09. The van der Waals surface area contributed by atoms with Crippen molar-refractivity contribution in [2.45, 2.75) is 81.4 Å². The maximum atomic E-state index is 14.2. The summed E-state index contributed by atoms with van der Waals surface area (Å²) in [4.78, 5) is 47.4. The predicted molar refractivity (Wildman–Crippen MR) is 141 cm³/mol. The first kappa shape index (κ1) is 27.8. The molecule has 0 aromatic rings. The number of unbranched alkanes of at least 4 members (excludes halogenated alkanes) is 1. The molecule has 7 nitrogen and oxygen atoms in total. The zero-order valence-corrected chi connectivity index (χ0v) is 22.7. The molecule has 2 bridgehead atoms. The number of nitrogens with zero attached hydrogens (tertiary/aromatic N) is 3. The second kappa shape index (κ2) is 11.1. The van der Waals surface area contributed by atoms with Gasteiger partial charge in [0.25, 0.3) is 0 Å². The maximum Gasteiger partial charge on any atom is 0.247 e. The molecule has 3 aliphatic rings. The Labute approximate surface area is 215 Å². The first-order chi connectivity index (χ1) is 16.6. The Morgan fingerprint density at radius 1 is 1.20 bits per heavy atom. The van der Waals surface area contributed by atoms with E-state index in [2.05, 4.69) is 13.2 Å². The van der Waals surface area contributed by atoms with Crippen molar-refractivity contribution in [3.63, 3.8) is 0 Å². The molecule has 3 rings (SSSR count). The number of fused-ring (bicyclic) bond motifs is 1. The zero-order valence-electron chi connectivity index (χ0n) is 21.9. The highest BCUT2D eigenvalue weighted by molar-refractivity contribution is 8.02. The number of carbonyl (C=O) groups is 3. The lowest BCUT2D eigenvalue weighted by Crippen LogP contribution is -2.58. The Bertz CT molecular complexity index is 841. The minimum atomic E-state index is -0.607. The molecule has 0 aliphatic carbocycles. The number of hydrogen-bond donors (Lipinski definition) is 1. The van der Waals surface area contributed by atoms with E-state index < -0.39 is 28.2 Å². The van der Waals surface area contributed by atoms with Gasteiger partial charge in [-0.1, -0.05) is 19.1 Å². The SMILES string of the molecule is C=CCN(CCC)C(=O)[C@@H]1[C@H]2C(=O)N(CCCCO)C(C(=O)N(CC=C)C(C)(C)C)C23CC[C@H]1S3. The molecule has 3 fully saturated rings. The summed E-state index contributed by atoms with van der Waals surface area (Å²) in [5.41, 5.74) is -0.432. The van der Waals surface area contributed by atoms with E-state index >= 15 is 0 Å². The van der Waals surface area contributed by atoms with Crippen molar-refractivity contribution in [2.24, 2.45) is 11.8 Å². The molecule has 1 N–H and O–H groups in total. The van der Waals surface area contributed by atoms with E-state index in [9.17, 15) is 19.5 Å². The average molecular weight is 506 g/mol. The van der Waals surface area contributed by atoms with E-state index in [1.807, 2.05) is 37.5 Å². The first-order valence-electron chi connectivity index (χ1n) is 13.0. The summed E-state index contributed by atoms with van der Waals surface area (Å²) in [6, 6.07) is -0.607. The van der Waals surface area contributed by atoms with Crippen LogP contribution in [0, 0.1) is 11.8 Å². The second-order valence-electron chi connectivity index (χ2n) is 11.0. The highest BCUT2D eigenvalue weighted by Crippen LogP contribution is 2.66. The fourth-order valence-corrected chi connectivity index (χ4v) is 8.45. The van der Waals surface area contributed by atoms with Crippen LogP contribution in [0.4, 0.5) is 0 Å². The zero-order chi connectivity index (χ0) is 26.0. The van der Waals surface area contributed by atoms with Crippen molar-refractivity contribution < 1.29 is 19.5 Å². The smallest absolute Gasteiger partial charge is 0.247 e. The van der Waals surface area contributed by atoms with Gasteiger partial charge in [0.15, 0.2) is 0 Å². The summed E-state index contributed by atoms with van der Waals surface area (Å²) in [7, 11) is 0. The van der Waals surface area contributed by atoms with E-state index in [-0.39, 0.29) is 29.6 Å². The molecule has 8 heteroatoms. The highest BCUT2D eigenvalue weighted by atomic mass is 32.2. The van der Waals surface area contributed by atoms with Crippen molar-refractivity contribution in [2.75, 3.05) is 32.8 Å². The molecule has 1 spiro atoms. The summed E-state index contributed by atoms with van der Waals surface area (Å²) < 4.78 is -0.588. The second-order valence-corrected chi connectivity index (χ2v) is 12.6. The number of likely N-dealkylation sites (tertiary alicyclic amines) is 1. The Kier molecular flexibility index (Phi) is 8.79. The topological polar surface area (TPSA) is 81.2 Å². The summed E-state index contributed by atoms with van der Waals surface area (Å²) in [6.07, 6.45) is 7.10. The van der Waals surface area contributed by atoms with Gasteiger partial charge in [0.05, 0.1) is 16.6 Å². The van der Waals surface area contributed by atoms with Gasteiger partial charge in [-0.2, -0.15) is 0 Å².